The van der Waals surface area contributed by atoms with Gasteiger partial charge in [0.15, 0.2) is 0 Å². The van der Waals surface area contributed by atoms with Gasteiger partial charge in [0.25, 0.3) is 0 Å². The van der Waals surface area contributed by atoms with Gasteiger partial charge in [0.05, 0.1) is 23.5 Å². The van der Waals surface area contributed by atoms with Crippen molar-refractivity contribution in [3.63, 3.8) is 0 Å². The van der Waals surface area contributed by atoms with Crippen LogP contribution in [0, 0.1) is 5.82 Å². The third kappa shape index (κ3) is 2.34. The van der Waals surface area contributed by atoms with Crippen LogP contribution in [0.25, 0.3) is 11.3 Å². The summed E-state index contributed by atoms with van der Waals surface area (Å²) in [7, 11) is 0. The van der Waals surface area contributed by atoms with Crippen molar-refractivity contribution in [2.24, 2.45) is 4.99 Å². The Bertz CT molecular complexity index is 967. The summed E-state index contributed by atoms with van der Waals surface area (Å²) >= 11 is 6.15. The molecule has 0 spiro atoms. The van der Waals surface area contributed by atoms with Crippen LogP contribution in [0.4, 0.5) is 4.39 Å². The molecule has 4 nitrogen and oxygen atoms in total. The van der Waals surface area contributed by atoms with Gasteiger partial charge in [-0.25, -0.2) is 14.4 Å². The van der Waals surface area contributed by atoms with Crippen LogP contribution in [0.2, 0.25) is 5.02 Å². The maximum atomic E-state index is 14.4. The Morgan fingerprint density at radius 1 is 1.12 bits per heavy atom. The average molecular weight is 340 g/mol. The van der Waals surface area contributed by atoms with Crippen LogP contribution in [0.3, 0.4) is 0 Å². The van der Waals surface area contributed by atoms with E-state index in [2.05, 4.69) is 15.0 Å². The van der Waals surface area contributed by atoms with Crippen LogP contribution in [0.15, 0.2) is 53.9 Å². The van der Waals surface area contributed by atoms with Gasteiger partial charge >= 0.3 is 0 Å². The molecule has 0 bridgehead atoms. The third-order valence-electron chi connectivity index (χ3n) is 3.92. The Labute approximate surface area is 142 Å². The molecule has 0 fully saturated rings. The molecule has 0 unspecified atom stereocenters. The summed E-state index contributed by atoms with van der Waals surface area (Å²) in [5, 5.41) is 10.7. The van der Waals surface area contributed by atoms with Crippen molar-refractivity contribution in [2.75, 3.05) is 0 Å². The van der Waals surface area contributed by atoms with Gasteiger partial charge in [0.2, 0.25) is 0 Å². The predicted molar refractivity (Wildman–Crippen MR) is 89.9 cm³/mol. The second-order valence-corrected chi connectivity index (χ2v) is 5.82. The SMILES string of the molecule is Oc1cccc(F)c1C1=NCc2cncnc2-c2ccc(Cl)cc21. The summed E-state index contributed by atoms with van der Waals surface area (Å²) in [6.45, 7) is 0.283. The smallest absolute Gasteiger partial charge is 0.136 e. The minimum Gasteiger partial charge on any atom is -0.507 e. The van der Waals surface area contributed by atoms with Gasteiger partial charge in [-0.3, -0.25) is 4.99 Å². The van der Waals surface area contributed by atoms with E-state index in [1.807, 2.05) is 6.07 Å². The van der Waals surface area contributed by atoms with Crippen LogP contribution in [-0.4, -0.2) is 20.8 Å². The minimum absolute atomic E-state index is 0.0572. The molecule has 4 rings (SSSR count). The molecule has 0 saturated heterocycles. The Hall–Kier alpha value is -2.79. The summed E-state index contributed by atoms with van der Waals surface area (Å²) in [4.78, 5) is 12.9. The van der Waals surface area contributed by atoms with Gasteiger partial charge in [0.1, 0.15) is 17.9 Å². The standard InChI is InChI=1S/C18H11ClFN3O/c19-11-4-5-12-13(6-11)18(16-14(20)2-1-3-15(16)24)22-8-10-7-21-9-23-17(10)12/h1-7,9,24H,8H2. The van der Waals surface area contributed by atoms with E-state index in [1.54, 1.807) is 18.3 Å². The molecule has 0 atom stereocenters. The molecule has 1 aliphatic heterocycles. The van der Waals surface area contributed by atoms with Crippen LogP contribution < -0.4 is 0 Å². The first-order valence-corrected chi connectivity index (χ1v) is 7.64. The zero-order valence-electron chi connectivity index (χ0n) is 12.4. The number of aliphatic imine (C=N–C) groups is 1. The highest BCUT2D eigenvalue weighted by atomic mass is 35.5. The monoisotopic (exact) mass is 339 g/mol. The number of aromatic hydroxyl groups is 1. The molecule has 0 radical (unpaired) electrons. The van der Waals surface area contributed by atoms with Gasteiger partial charge in [0, 0.05) is 27.9 Å². The van der Waals surface area contributed by atoms with Crippen LogP contribution in [0.5, 0.6) is 5.75 Å². The number of benzene rings is 2. The number of hydrogen-bond donors (Lipinski definition) is 1. The van der Waals surface area contributed by atoms with Crippen molar-refractivity contribution in [2.45, 2.75) is 6.54 Å². The molecule has 6 heteroatoms. The first kappa shape index (κ1) is 14.8. The zero-order valence-corrected chi connectivity index (χ0v) is 13.1. The fourth-order valence-corrected chi connectivity index (χ4v) is 3.02. The van der Waals surface area contributed by atoms with Crippen molar-refractivity contribution in [3.05, 3.63) is 76.5 Å². The molecule has 2 heterocycles. The normalized spacial score (nSPS) is 12.8. The van der Waals surface area contributed by atoms with Crippen molar-refractivity contribution in [3.8, 4) is 17.0 Å². The van der Waals surface area contributed by atoms with Gasteiger partial charge in [-0.1, -0.05) is 23.7 Å². The molecule has 118 valence electrons. The zero-order chi connectivity index (χ0) is 16.7. The third-order valence-corrected chi connectivity index (χ3v) is 4.15. The average Bonchev–Trinajstić information content (AvgIpc) is 2.72. The number of halogens is 2. The minimum atomic E-state index is -0.545. The van der Waals surface area contributed by atoms with Crippen LogP contribution >= 0.6 is 11.6 Å². The van der Waals surface area contributed by atoms with E-state index >= 15 is 0 Å². The first-order valence-electron chi connectivity index (χ1n) is 7.26. The highest BCUT2D eigenvalue weighted by molar-refractivity contribution is 6.31. The largest absolute Gasteiger partial charge is 0.507 e. The van der Waals surface area contributed by atoms with Gasteiger partial charge in [-0.15, -0.1) is 0 Å². The molecule has 0 aliphatic carbocycles. The number of aromatic nitrogens is 2. The number of hydrogen-bond acceptors (Lipinski definition) is 4. The quantitative estimate of drug-likeness (QED) is 0.729. The van der Waals surface area contributed by atoms with E-state index in [-0.39, 0.29) is 17.9 Å². The lowest BCUT2D eigenvalue weighted by molar-refractivity contribution is 0.467. The lowest BCUT2D eigenvalue weighted by Gasteiger charge is -2.12. The number of phenols is 1. The summed E-state index contributed by atoms with van der Waals surface area (Å²) in [6, 6.07) is 9.45. The lowest BCUT2D eigenvalue weighted by Crippen LogP contribution is -2.08. The van der Waals surface area contributed by atoms with Gasteiger partial charge in [-0.05, 0) is 24.3 Å². The second kappa shape index (κ2) is 5.69. The van der Waals surface area contributed by atoms with Crippen molar-refractivity contribution in [1.82, 2.24) is 9.97 Å². The topological polar surface area (TPSA) is 58.4 Å². The number of fused-ring (bicyclic) bond motifs is 3. The molecule has 1 aromatic heterocycles. The van der Waals surface area contributed by atoms with Crippen LogP contribution in [-0.2, 0) is 6.54 Å². The first-order chi connectivity index (χ1) is 11.6. The Balaban J connectivity index is 2.04. The van der Waals surface area contributed by atoms with E-state index in [9.17, 15) is 9.50 Å². The maximum absolute atomic E-state index is 14.4. The second-order valence-electron chi connectivity index (χ2n) is 5.39. The van der Waals surface area contributed by atoms with Gasteiger partial charge < -0.3 is 5.11 Å². The van der Waals surface area contributed by atoms with E-state index in [4.69, 9.17) is 11.6 Å². The summed E-state index contributed by atoms with van der Waals surface area (Å²) in [5.41, 5.74) is 3.36. The van der Waals surface area contributed by atoms with E-state index < -0.39 is 5.82 Å². The molecule has 1 aliphatic rings. The van der Waals surface area contributed by atoms with E-state index in [1.165, 1.54) is 24.5 Å². The number of phenolic OH excluding ortho intramolecular Hbond substituents is 1. The van der Waals surface area contributed by atoms with Crippen molar-refractivity contribution < 1.29 is 9.50 Å². The molecule has 3 aromatic rings. The fraction of sp³-hybridized carbons (Fsp3) is 0.0556. The van der Waals surface area contributed by atoms with Crippen molar-refractivity contribution in [1.29, 1.82) is 0 Å². The molecular formula is C18H11ClFN3O. The highest BCUT2D eigenvalue weighted by Gasteiger charge is 2.24. The van der Waals surface area contributed by atoms with E-state index in [0.717, 1.165) is 16.8 Å². The Kier molecular flexibility index (Phi) is 3.50. The summed E-state index contributed by atoms with van der Waals surface area (Å²) < 4.78 is 14.4. The molecule has 1 N–H and O–H groups in total. The fourth-order valence-electron chi connectivity index (χ4n) is 2.85. The van der Waals surface area contributed by atoms with Crippen molar-refractivity contribution >= 4 is 17.3 Å². The Morgan fingerprint density at radius 3 is 2.83 bits per heavy atom. The number of rotatable bonds is 1. The Morgan fingerprint density at radius 2 is 2.00 bits per heavy atom. The molecule has 24 heavy (non-hydrogen) atoms. The molecule has 2 aromatic carbocycles. The van der Waals surface area contributed by atoms with Gasteiger partial charge in [-0.2, -0.15) is 0 Å². The predicted octanol–water partition coefficient (Wildman–Crippen LogP) is 3.99. The number of nitrogens with zero attached hydrogens (tertiary/aromatic N) is 3. The molecule has 0 amide bonds. The van der Waals surface area contributed by atoms with Crippen LogP contribution in [0.1, 0.15) is 16.7 Å². The maximum Gasteiger partial charge on any atom is 0.136 e. The van der Waals surface area contributed by atoms with E-state index in [0.29, 0.717) is 16.3 Å². The highest BCUT2D eigenvalue weighted by Crippen LogP contribution is 2.34. The summed E-state index contributed by atoms with van der Waals surface area (Å²) in [5.74, 6) is -0.714. The lowest BCUT2D eigenvalue weighted by atomic mass is 9.94. The summed E-state index contributed by atoms with van der Waals surface area (Å²) in [6.07, 6.45) is 3.15. The molecular weight excluding hydrogens is 329 g/mol. The molecule has 0 saturated carbocycles.